The van der Waals surface area contributed by atoms with Crippen LogP contribution < -0.4 is 5.73 Å². The van der Waals surface area contributed by atoms with E-state index in [9.17, 15) is 0 Å². The SMILES string of the molecule is NC1=NN=C(c2cccc3ccccc23)CC1. The van der Waals surface area contributed by atoms with Crippen LogP contribution in [0, 0.1) is 0 Å². The molecular weight excluding hydrogens is 210 g/mol. The van der Waals surface area contributed by atoms with E-state index >= 15 is 0 Å². The van der Waals surface area contributed by atoms with Crippen molar-refractivity contribution in [2.45, 2.75) is 12.8 Å². The first-order valence-electron chi connectivity index (χ1n) is 5.71. The molecule has 2 aromatic carbocycles. The molecule has 1 aliphatic rings. The first-order valence-corrected chi connectivity index (χ1v) is 5.71. The van der Waals surface area contributed by atoms with Crippen molar-refractivity contribution in [2.24, 2.45) is 15.9 Å². The topological polar surface area (TPSA) is 50.7 Å². The van der Waals surface area contributed by atoms with Gasteiger partial charge in [0.05, 0.1) is 5.71 Å². The van der Waals surface area contributed by atoms with E-state index in [1.54, 1.807) is 0 Å². The number of rotatable bonds is 1. The molecule has 1 heterocycles. The normalized spacial score (nSPS) is 15.5. The second-order valence-corrected chi connectivity index (χ2v) is 4.16. The Hall–Kier alpha value is -2.16. The van der Waals surface area contributed by atoms with E-state index in [4.69, 9.17) is 5.73 Å². The van der Waals surface area contributed by atoms with E-state index < -0.39 is 0 Å². The zero-order chi connectivity index (χ0) is 11.7. The Kier molecular flexibility index (Phi) is 2.37. The number of nitrogens with two attached hydrogens (primary N) is 1. The minimum atomic E-state index is 0.619. The summed E-state index contributed by atoms with van der Waals surface area (Å²) in [7, 11) is 0. The second-order valence-electron chi connectivity index (χ2n) is 4.16. The summed E-state index contributed by atoms with van der Waals surface area (Å²) in [6.45, 7) is 0. The third-order valence-corrected chi connectivity index (χ3v) is 3.02. The molecule has 0 fully saturated rings. The van der Waals surface area contributed by atoms with Crippen molar-refractivity contribution < 1.29 is 0 Å². The lowest BCUT2D eigenvalue weighted by molar-refractivity contribution is 1.02. The predicted octanol–water partition coefficient (Wildman–Crippen LogP) is 2.69. The average molecular weight is 223 g/mol. The molecule has 0 aliphatic carbocycles. The van der Waals surface area contributed by atoms with Crippen LogP contribution in [0.2, 0.25) is 0 Å². The largest absolute Gasteiger partial charge is 0.386 e. The van der Waals surface area contributed by atoms with Gasteiger partial charge in [0.25, 0.3) is 0 Å². The zero-order valence-corrected chi connectivity index (χ0v) is 9.43. The van der Waals surface area contributed by atoms with E-state index in [1.165, 1.54) is 16.3 Å². The summed E-state index contributed by atoms with van der Waals surface area (Å²) in [4.78, 5) is 0. The molecule has 17 heavy (non-hydrogen) atoms. The maximum absolute atomic E-state index is 5.63. The van der Waals surface area contributed by atoms with Crippen molar-refractivity contribution in [3.63, 3.8) is 0 Å². The highest BCUT2D eigenvalue weighted by Crippen LogP contribution is 2.21. The van der Waals surface area contributed by atoms with Gasteiger partial charge in [-0.1, -0.05) is 42.5 Å². The molecule has 0 saturated carbocycles. The number of hydrogen-bond donors (Lipinski definition) is 1. The smallest absolute Gasteiger partial charge is 0.122 e. The van der Waals surface area contributed by atoms with Crippen LogP contribution >= 0.6 is 0 Å². The van der Waals surface area contributed by atoms with Crippen molar-refractivity contribution in [2.75, 3.05) is 0 Å². The van der Waals surface area contributed by atoms with Crippen molar-refractivity contribution in [1.82, 2.24) is 0 Å². The predicted molar refractivity (Wildman–Crippen MR) is 71.3 cm³/mol. The van der Waals surface area contributed by atoms with Gasteiger partial charge in [0, 0.05) is 12.0 Å². The third kappa shape index (κ3) is 1.80. The van der Waals surface area contributed by atoms with Crippen molar-refractivity contribution in [3.8, 4) is 0 Å². The molecule has 2 N–H and O–H groups in total. The molecule has 0 bridgehead atoms. The standard InChI is InChI=1S/C14H13N3/c15-14-9-8-13(16-17-14)12-7-3-5-10-4-1-2-6-11(10)12/h1-7H,8-9H2,(H2,15,17). The van der Waals surface area contributed by atoms with Gasteiger partial charge in [0.15, 0.2) is 0 Å². The van der Waals surface area contributed by atoms with Gasteiger partial charge in [-0.3, -0.25) is 0 Å². The van der Waals surface area contributed by atoms with Crippen molar-refractivity contribution in [1.29, 1.82) is 0 Å². The third-order valence-electron chi connectivity index (χ3n) is 3.02. The molecule has 0 amide bonds. The lowest BCUT2D eigenvalue weighted by atomic mass is 9.98. The van der Waals surface area contributed by atoms with E-state index in [2.05, 4.69) is 40.5 Å². The number of amidine groups is 1. The molecule has 3 rings (SSSR count). The van der Waals surface area contributed by atoms with Gasteiger partial charge in [-0.2, -0.15) is 5.10 Å². The fourth-order valence-corrected chi connectivity index (χ4v) is 2.14. The first-order chi connectivity index (χ1) is 8.34. The maximum Gasteiger partial charge on any atom is 0.122 e. The Morgan fingerprint density at radius 3 is 2.53 bits per heavy atom. The summed E-state index contributed by atoms with van der Waals surface area (Å²) in [5.41, 5.74) is 7.82. The highest BCUT2D eigenvalue weighted by Gasteiger charge is 2.11. The molecule has 1 aliphatic heterocycles. The molecule has 84 valence electrons. The zero-order valence-electron chi connectivity index (χ0n) is 9.43. The number of hydrogen-bond acceptors (Lipinski definition) is 3. The fraction of sp³-hybridized carbons (Fsp3) is 0.143. The molecular formula is C14H13N3. The monoisotopic (exact) mass is 223 g/mol. The Bertz CT molecular complexity index is 621. The van der Waals surface area contributed by atoms with Crippen LogP contribution in [0.1, 0.15) is 18.4 Å². The summed E-state index contributed by atoms with van der Waals surface area (Å²) < 4.78 is 0. The molecule has 3 heteroatoms. The van der Waals surface area contributed by atoms with Crippen LogP contribution in [0.4, 0.5) is 0 Å². The van der Waals surface area contributed by atoms with Crippen LogP contribution in [-0.2, 0) is 0 Å². The molecule has 3 nitrogen and oxygen atoms in total. The van der Waals surface area contributed by atoms with Crippen LogP contribution in [0.3, 0.4) is 0 Å². The maximum atomic E-state index is 5.63. The molecule has 0 saturated heterocycles. The highest BCUT2D eigenvalue weighted by atomic mass is 15.2. The van der Waals surface area contributed by atoms with E-state index in [0.29, 0.717) is 5.84 Å². The van der Waals surface area contributed by atoms with Crippen LogP contribution in [0.5, 0.6) is 0 Å². The van der Waals surface area contributed by atoms with Crippen LogP contribution in [0.15, 0.2) is 52.7 Å². The van der Waals surface area contributed by atoms with Gasteiger partial charge in [-0.25, -0.2) is 0 Å². The Balaban J connectivity index is 2.18. The van der Waals surface area contributed by atoms with Gasteiger partial charge in [0.1, 0.15) is 5.84 Å². The van der Waals surface area contributed by atoms with Gasteiger partial charge in [0.2, 0.25) is 0 Å². The molecule has 0 aromatic heterocycles. The molecule has 0 atom stereocenters. The van der Waals surface area contributed by atoms with Gasteiger partial charge in [-0.05, 0) is 17.2 Å². The molecule has 2 aromatic rings. The average Bonchev–Trinajstić information content (AvgIpc) is 2.39. The number of fused-ring (bicyclic) bond motifs is 1. The minimum absolute atomic E-state index is 0.619. The summed E-state index contributed by atoms with van der Waals surface area (Å²) in [6, 6.07) is 14.6. The lowest BCUT2D eigenvalue weighted by Crippen LogP contribution is -2.17. The fourth-order valence-electron chi connectivity index (χ4n) is 2.14. The lowest BCUT2D eigenvalue weighted by Gasteiger charge is -2.11. The van der Waals surface area contributed by atoms with Crippen LogP contribution in [0.25, 0.3) is 10.8 Å². The summed E-state index contributed by atoms with van der Waals surface area (Å²) >= 11 is 0. The summed E-state index contributed by atoms with van der Waals surface area (Å²) in [5, 5.41) is 10.6. The first kappa shape index (κ1) is 10.0. The van der Waals surface area contributed by atoms with E-state index in [1.807, 2.05) is 12.1 Å². The van der Waals surface area contributed by atoms with E-state index in [0.717, 1.165) is 18.6 Å². The van der Waals surface area contributed by atoms with Crippen molar-refractivity contribution in [3.05, 3.63) is 48.0 Å². The molecule has 0 radical (unpaired) electrons. The van der Waals surface area contributed by atoms with Gasteiger partial charge in [-0.15, -0.1) is 5.10 Å². The molecule has 0 unspecified atom stereocenters. The minimum Gasteiger partial charge on any atom is -0.386 e. The van der Waals surface area contributed by atoms with Gasteiger partial charge >= 0.3 is 0 Å². The Morgan fingerprint density at radius 2 is 1.71 bits per heavy atom. The van der Waals surface area contributed by atoms with Crippen molar-refractivity contribution >= 4 is 22.3 Å². The molecule has 0 spiro atoms. The second kappa shape index (κ2) is 4.01. The van der Waals surface area contributed by atoms with Crippen LogP contribution in [-0.4, -0.2) is 11.5 Å². The highest BCUT2D eigenvalue weighted by molar-refractivity contribution is 6.12. The Labute approximate surface area is 99.7 Å². The summed E-state index contributed by atoms with van der Waals surface area (Å²) in [6.07, 6.45) is 1.66. The quantitative estimate of drug-likeness (QED) is 0.794. The van der Waals surface area contributed by atoms with E-state index in [-0.39, 0.29) is 0 Å². The summed E-state index contributed by atoms with van der Waals surface area (Å²) in [5.74, 6) is 0.619. The number of nitrogens with zero attached hydrogens (tertiary/aromatic N) is 2. The Morgan fingerprint density at radius 1 is 0.882 bits per heavy atom. The van der Waals surface area contributed by atoms with Gasteiger partial charge < -0.3 is 5.73 Å². The number of benzene rings is 2.